The van der Waals surface area contributed by atoms with Crippen LogP contribution in [0.5, 0.6) is 0 Å². The third-order valence-corrected chi connectivity index (χ3v) is 2.46. The number of carbonyl (C=O) groups is 1. The van der Waals surface area contributed by atoms with E-state index in [2.05, 4.69) is 10.3 Å². The lowest BCUT2D eigenvalue weighted by Crippen LogP contribution is -2.24. The van der Waals surface area contributed by atoms with Gasteiger partial charge in [0.15, 0.2) is 0 Å². The van der Waals surface area contributed by atoms with Crippen molar-refractivity contribution in [2.75, 3.05) is 0 Å². The molecule has 0 atom stereocenters. The fourth-order valence-corrected chi connectivity index (χ4v) is 1.53. The lowest BCUT2D eigenvalue weighted by Gasteiger charge is -2.05. The van der Waals surface area contributed by atoms with E-state index >= 15 is 0 Å². The molecule has 2 aromatic rings. The van der Waals surface area contributed by atoms with Crippen LogP contribution in [0, 0.1) is 0 Å². The molecule has 0 radical (unpaired) electrons. The maximum absolute atomic E-state index is 11.6. The van der Waals surface area contributed by atoms with Gasteiger partial charge >= 0.3 is 0 Å². The summed E-state index contributed by atoms with van der Waals surface area (Å²) in [5, 5.41) is 2.85. The van der Waals surface area contributed by atoms with Gasteiger partial charge in [0, 0.05) is 31.6 Å². The summed E-state index contributed by atoms with van der Waals surface area (Å²) in [5.74, 6) is 0.0457. The number of nitrogens with one attached hydrogen (secondary N) is 1. The highest BCUT2D eigenvalue weighted by molar-refractivity contribution is 5.75. The van der Waals surface area contributed by atoms with E-state index in [4.69, 9.17) is 0 Å². The van der Waals surface area contributed by atoms with Gasteiger partial charge in [0.05, 0.1) is 12.2 Å². The van der Waals surface area contributed by atoms with Crippen LogP contribution in [0.3, 0.4) is 0 Å². The molecule has 0 aliphatic heterocycles. The fraction of sp³-hybridized carbons (Fsp3) is 0.231. The Kier molecular flexibility index (Phi) is 3.91. The molecule has 17 heavy (non-hydrogen) atoms. The Morgan fingerprint density at radius 2 is 2.06 bits per heavy atom. The molecule has 2 rings (SSSR count). The second-order valence-corrected chi connectivity index (χ2v) is 3.77. The zero-order chi connectivity index (χ0) is 11.9. The van der Waals surface area contributed by atoms with Crippen LogP contribution in [0.4, 0.5) is 0 Å². The zero-order valence-electron chi connectivity index (χ0n) is 9.54. The molecule has 0 unspecified atom stereocenters. The summed E-state index contributed by atoms with van der Waals surface area (Å²) in [5.41, 5.74) is 0.877. The predicted molar refractivity (Wildman–Crippen MR) is 65.1 cm³/mol. The highest BCUT2D eigenvalue weighted by Gasteiger charge is 2.01. The number of nitrogens with zero attached hydrogens (tertiary/aromatic N) is 2. The number of hydrogen-bond donors (Lipinski definition) is 1. The zero-order valence-corrected chi connectivity index (χ0v) is 9.54. The molecule has 88 valence electrons. The number of hydrogen-bond acceptors (Lipinski definition) is 2. The van der Waals surface area contributed by atoms with E-state index in [1.807, 2.05) is 47.3 Å². The second-order valence-electron chi connectivity index (χ2n) is 3.77. The van der Waals surface area contributed by atoms with E-state index in [1.165, 1.54) is 0 Å². The summed E-state index contributed by atoms with van der Waals surface area (Å²) in [6.07, 6.45) is 6.11. The van der Waals surface area contributed by atoms with E-state index in [9.17, 15) is 4.79 Å². The Bertz CT molecular complexity index is 451. The summed E-state index contributed by atoms with van der Waals surface area (Å²) in [7, 11) is 0. The molecule has 0 fully saturated rings. The fourth-order valence-electron chi connectivity index (χ4n) is 1.53. The normalized spacial score (nSPS) is 10.1. The highest BCUT2D eigenvalue weighted by atomic mass is 16.1. The minimum absolute atomic E-state index is 0.0457. The molecule has 0 saturated heterocycles. The molecule has 4 heteroatoms. The molecule has 0 bridgehead atoms. The van der Waals surface area contributed by atoms with Crippen molar-refractivity contribution in [3.05, 3.63) is 54.6 Å². The van der Waals surface area contributed by atoms with Gasteiger partial charge in [0.1, 0.15) is 0 Å². The molecule has 0 aliphatic rings. The molecular weight excluding hydrogens is 214 g/mol. The average Bonchev–Trinajstić information content (AvgIpc) is 2.88. The maximum Gasteiger partial charge on any atom is 0.222 e. The first-order chi connectivity index (χ1) is 8.34. The summed E-state index contributed by atoms with van der Waals surface area (Å²) in [6.45, 7) is 1.20. The van der Waals surface area contributed by atoms with Gasteiger partial charge in [-0.3, -0.25) is 9.78 Å². The van der Waals surface area contributed by atoms with Crippen LogP contribution < -0.4 is 5.32 Å². The minimum atomic E-state index is 0.0457. The minimum Gasteiger partial charge on any atom is -0.354 e. The average molecular weight is 229 g/mol. The van der Waals surface area contributed by atoms with Crippen LogP contribution in [0.15, 0.2) is 48.9 Å². The van der Waals surface area contributed by atoms with Crippen molar-refractivity contribution in [1.29, 1.82) is 0 Å². The highest BCUT2D eigenvalue weighted by Crippen LogP contribution is 1.95. The van der Waals surface area contributed by atoms with Crippen molar-refractivity contribution in [3.8, 4) is 0 Å². The smallest absolute Gasteiger partial charge is 0.222 e. The van der Waals surface area contributed by atoms with E-state index in [0.29, 0.717) is 19.5 Å². The molecule has 0 aromatic carbocycles. The van der Waals surface area contributed by atoms with Crippen molar-refractivity contribution >= 4 is 5.91 Å². The molecule has 0 spiro atoms. The molecular formula is C13H15N3O. The first kappa shape index (κ1) is 11.4. The number of amides is 1. The van der Waals surface area contributed by atoms with Crippen molar-refractivity contribution in [3.63, 3.8) is 0 Å². The molecule has 4 nitrogen and oxygen atoms in total. The third-order valence-electron chi connectivity index (χ3n) is 2.46. The Hall–Kier alpha value is -2.10. The van der Waals surface area contributed by atoms with Gasteiger partial charge in [-0.15, -0.1) is 0 Å². The van der Waals surface area contributed by atoms with Gasteiger partial charge in [-0.05, 0) is 24.3 Å². The molecule has 0 aliphatic carbocycles. The maximum atomic E-state index is 11.6. The van der Waals surface area contributed by atoms with Crippen molar-refractivity contribution in [2.45, 2.75) is 19.5 Å². The number of aromatic nitrogens is 2. The summed E-state index contributed by atoms with van der Waals surface area (Å²) in [6, 6.07) is 9.56. The van der Waals surface area contributed by atoms with Gasteiger partial charge in [0.2, 0.25) is 5.91 Å². The summed E-state index contributed by atoms with van der Waals surface area (Å²) >= 11 is 0. The van der Waals surface area contributed by atoms with Gasteiger partial charge in [0.25, 0.3) is 0 Å². The molecule has 1 amide bonds. The van der Waals surface area contributed by atoms with Crippen LogP contribution in [-0.4, -0.2) is 15.5 Å². The van der Waals surface area contributed by atoms with Crippen molar-refractivity contribution in [1.82, 2.24) is 14.9 Å². The first-order valence-electron chi connectivity index (χ1n) is 5.62. The van der Waals surface area contributed by atoms with Crippen LogP contribution in [0.25, 0.3) is 0 Å². The van der Waals surface area contributed by atoms with Crippen LogP contribution >= 0.6 is 0 Å². The van der Waals surface area contributed by atoms with Crippen LogP contribution in [0.1, 0.15) is 12.1 Å². The predicted octanol–water partition coefficient (Wildman–Crippen LogP) is 1.59. The van der Waals surface area contributed by atoms with Crippen LogP contribution in [0.2, 0.25) is 0 Å². The van der Waals surface area contributed by atoms with E-state index < -0.39 is 0 Å². The second kappa shape index (κ2) is 5.84. The number of rotatable bonds is 5. The Morgan fingerprint density at radius 1 is 1.24 bits per heavy atom. The van der Waals surface area contributed by atoms with Crippen molar-refractivity contribution < 1.29 is 4.79 Å². The third kappa shape index (κ3) is 3.75. The molecule has 2 heterocycles. The summed E-state index contributed by atoms with van der Waals surface area (Å²) in [4.78, 5) is 15.7. The lowest BCUT2D eigenvalue weighted by molar-refractivity contribution is -0.121. The molecule has 2 aromatic heterocycles. The lowest BCUT2D eigenvalue weighted by atomic mass is 10.3. The Morgan fingerprint density at radius 3 is 2.76 bits per heavy atom. The van der Waals surface area contributed by atoms with Gasteiger partial charge < -0.3 is 9.88 Å². The summed E-state index contributed by atoms with van der Waals surface area (Å²) < 4.78 is 1.99. The molecule has 0 saturated carbocycles. The van der Waals surface area contributed by atoms with E-state index in [1.54, 1.807) is 6.20 Å². The van der Waals surface area contributed by atoms with E-state index in [0.717, 1.165) is 5.69 Å². The van der Waals surface area contributed by atoms with Gasteiger partial charge in [-0.1, -0.05) is 6.07 Å². The number of pyridine rings is 1. The standard InChI is InChI=1S/C13H15N3O/c17-13(6-10-16-8-3-4-9-16)15-11-12-5-1-2-7-14-12/h1-5,7-9H,6,10-11H2,(H,15,17). The quantitative estimate of drug-likeness (QED) is 0.846. The van der Waals surface area contributed by atoms with E-state index in [-0.39, 0.29) is 5.91 Å². The van der Waals surface area contributed by atoms with Crippen molar-refractivity contribution in [2.24, 2.45) is 0 Å². The SMILES string of the molecule is O=C(CCn1cccc1)NCc1ccccn1. The van der Waals surface area contributed by atoms with Gasteiger partial charge in [-0.25, -0.2) is 0 Å². The molecule has 1 N–H and O–H groups in total. The topological polar surface area (TPSA) is 46.9 Å². The van der Waals surface area contributed by atoms with Gasteiger partial charge in [-0.2, -0.15) is 0 Å². The monoisotopic (exact) mass is 229 g/mol. The Balaban J connectivity index is 1.71. The Labute approximate surface area is 100 Å². The first-order valence-corrected chi connectivity index (χ1v) is 5.62. The van der Waals surface area contributed by atoms with Crippen LogP contribution in [-0.2, 0) is 17.9 Å². The number of carbonyl (C=O) groups excluding carboxylic acids is 1. The largest absolute Gasteiger partial charge is 0.354 e. The number of aryl methyl sites for hydroxylation is 1.